The second-order valence-electron chi connectivity index (χ2n) is 4.48. The topological polar surface area (TPSA) is 39.1 Å². The van der Waals surface area contributed by atoms with Gasteiger partial charge in [0.1, 0.15) is 5.82 Å². The smallest absolute Gasteiger partial charge is 0.123 e. The highest BCUT2D eigenvalue weighted by atomic mass is 16.5. The van der Waals surface area contributed by atoms with E-state index in [0.29, 0.717) is 6.10 Å². The maximum absolute atomic E-state index is 5.86. The number of ether oxygens (including phenoxy) is 1. The lowest BCUT2D eigenvalue weighted by atomic mass is 10.1. The van der Waals surface area contributed by atoms with E-state index in [1.807, 2.05) is 0 Å². The highest BCUT2D eigenvalue weighted by Crippen LogP contribution is 2.31. The van der Waals surface area contributed by atoms with Gasteiger partial charge in [0.25, 0.3) is 0 Å². The van der Waals surface area contributed by atoms with Crippen LogP contribution in [0.2, 0.25) is 0 Å². The second-order valence-corrected chi connectivity index (χ2v) is 4.48. The number of imidazole rings is 1. The first-order valence-electron chi connectivity index (χ1n) is 5.70. The quantitative estimate of drug-likeness (QED) is 0.690. The van der Waals surface area contributed by atoms with E-state index in [0.717, 1.165) is 26.1 Å². The highest BCUT2D eigenvalue weighted by molar-refractivity contribution is 5.23. The van der Waals surface area contributed by atoms with Crippen LogP contribution in [0.15, 0.2) is 0 Å². The molecule has 2 aliphatic heterocycles. The summed E-state index contributed by atoms with van der Waals surface area (Å²) < 4.78 is 8.19. The van der Waals surface area contributed by atoms with E-state index < -0.39 is 0 Å². The van der Waals surface area contributed by atoms with Crippen molar-refractivity contribution in [3.63, 3.8) is 0 Å². The summed E-state index contributed by atoms with van der Waals surface area (Å²) >= 11 is 0. The van der Waals surface area contributed by atoms with Crippen molar-refractivity contribution in [3.8, 4) is 0 Å². The number of aromatic nitrogens is 2. The molecule has 4 heteroatoms. The highest BCUT2D eigenvalue weighted by Gasteiger charge is 2.29. The third kappa shape index (κ3) is 1.40. The molecule has 1 aromatic heterocycles. The van der Waals surface area contributed by atoms with Crippen LogP contribution in [-0.2, 0) is 24.2 Å². The Balaban J connectivity index is 2.08. The van der Waals surface area contributed by atoms with Gasteiger partial charge in [-0.2, -0.15) is 0 Å². The normalized spacial score (nSPS) is 29.7. The Hall–Kier alpha value is -0.870. The molecule has 3 heterocycles. The summed E-state index contributed by atoms with van der Waals surface area (Å²) in [6, 6.07) is 0. The zero-order chi connectivity index (χ0) is 10.4. The van der Waals surface area contributed by atoms with E-state index in [9.17, 15) is 0 Å². The van der Waals surface area contributed by atoms with Crippen molar-refractivity contribution < 1.29 is 4.74 Å². The van der Waals surface area contributed by atoms with E-state index in [1.165, 1.54) is 17.2 Å². The molecular formula is C11H17N3O. The summed E-state index contributed by atoms with van der Waals surface area (Å²) in [6.45, 7) is 7.22. The molecular weight excluding hydrogens is 190 g/mol. The lowest BCUT2D eigenvalue weighted by Gasteiger charge is -2.27. The summed E-state index contributed by atoms with van der Waals surface area (Å²) in [5, 5.41) is 3.35. The second kappa shape index (κ2) is 3.32. The third-order valence-electron chi connectivity index (χ3n) is 3.26. The molecule has 0 aliphatic carbocycles. The molecule has 0 saturated heterocycles. The predicted octanol–water partition coefficient (Wildman–Crippen LogP) is 1.01. The van der Waals surface area contributed by atoms with E-state index in [-0.39, 0.29) is 6.10 Å². The summed E-state index contributed by atoms with van der Waals surface area (Å²) in [5.41, 5.74) is 2.56. The van der Waals surface area contributed by atoms with Crippen LogP contribution in [0.1, 0.15) is 37.2 Å². The molecule has 2 aliphatic rings. The molecule has 0 spiro atoms. The zero-order valence-corrected chi connectivity index (χ0v) is 9.29. The van der Waals surface area contributed by atoms with Crippen LogP contribution in [0.5, 0.6) is 0 Å². The Morgan fingerprint density at radius 2 is 2.33 bits per heavy atom. The summed E-state index contributed by atoms with van der Waals surface area (Å²) in [5.74, 6) is 1.18. The first kappa shape index (κ1) is 9.36. The number of rotatable bonds is 0. The van der Waals surface area contributed by atoms with Gasteiger partial charge < -0.3 is 14.6 Å². The first-order chi connectivity index (χ1) is 7.25. The Labute approximate surface area is 89.6 Å². The Bertz CT molecular complexity index is 385. The van der Waals surface area contributed by atoms with E-state index >= 15 is 0 Å². The van der Waals surface area contributed by atoms with Crippen molar-refractivity contribution in [1.82, 2.24) is 14.9 Å². The van der Waals surface area contributed by atoms with Gasteiger partial charge in [-0.1, -0.05) is 0 Å². The minimum Gasteiger partial charge on any atom is -0.369 e. The van der Waals surface area contributed by atoms with E-state index in [1.54, 1.807) is 0 Å². The Morgan fingerprint density at radius 1 is 1.47 bits per heavy atom. The molecule has 0 saturated carbocycles. The minimum atomic E-state index is 0.197. The maximum Gasteiger partial charge on any atom is 0.123 e. The monoisotopic (exact) mass is 207 g/mol. The summed E-state index contributed by atoms with van der Waals surface area (Å²) in [6.07, 6.45) is 1.46. The van der Waals surface area contributed by atoms with Crippen LogP contribution in [0.25, 0.3) is 0 Å². The molecule has 0 amide bonds. The Morgan fingerprint density at radius 3 is 3.20 bits per heavy atom. The number of hydrogen-bond acceptors (Lipinski definition) is 3. The lowest BCUT2D eigenvalue weighted by Crippen LogP contribution is -2.30. The van der Waals surface area contributed by atoms with Crippen molar-refractivity contribution >= 4 is 0 Å². The fourth-order valence-electron chi connectivity index (χ4n) is 2.68. The number of nitrogens with one attached hydrogen (secondary N) is 1. The molecule has 2 atom stereocenters. The predicted molar refractivity (Wildman–Crippen MR) is 56.6 cm³/mol. The fourth-order valence-corrected chi connectivity index (χ4v) is 2.68. The largest absolute Gasteiger partial charge is 0.369 e. The molecule has 1 aromatic rings. The zero-order valence-electron chi connectivity index (χ0n) is 9.29. The van der Waals surface area contributed by atoms with Crippen molar-refractivity contribution in [2.24, 2.45) is 0 Å². The van der Waals surface area contributed by atoms with Gasteiger partial charge in [0.2, 0.25) is 0 Å². The van der Waals surface area contributed by atoms with Gasteiger partial charge in [-0.05, 0) is 13.8 Å². The molecule has 1 N–H and O–H groups in total. The number of hydrogen-bond donors (Lipinski definition) is 1. The van der Waals surface area contributed by atoms with Crippen molar-refractivity contribution in [3.05, 3.63) is 17.2 Å². The molecule has 0 radical (unpaired) electrons. The van der Waals surface area contributed by atoms with Crippen LogP contribution < -0.4 is 5.32 Å². The Kier molecular flexibility index (Phi) is 2.07. The van der Waals surface area contributed by atoms with Crippen LogP contribution >= 0.6 is 0 Å². The molecule has 82 valence electrons. The van der Waals surface area contributed by atoms with Gasteiger partial charge in [0.15, 0.2) is 0 Å². The molecule has 2 unspecified atom stereocenters. The van der Waals surface area contributed by atoms with Crippen LogP contribution in [0, 0.1) is 0 Å². The molecule has 15 heavy (non-hydrogen) atoms. The third-order valence-corrected chi connectivity index (χ3v) is 3.26. The maximum atomic E-state index is 5.86. The lowest BCUT2D eigenvalue weighted by molar-refractivity contribution is -0.00999. The molecule has 0 bridgehead atoms. The van der Waals surface area contributed by atoms with Crippen molar-refractivity contribution in [2.75, 3.05) is 6.54 Å². The van der Waals surface area contributed by atoms with Crippen LogP contribution in [-0.4, -0.2) is 22.2 Å². The van der Waals surface area contributed by atoms with Gasteiger partial charge >= 0.3 is 0 Å². The fraction of sp³-hybridized carbons (Fsp3) is 0.727. The van der Waals surface area contributed by atoms with Crippen LogP contribution in [0.4, 0.5) is 0 Å². The average molecular weight is 207 g/mol. The SMILES string of the molecule is CC1Cc2nc3n(c2C(C)O1)CCNC3. The summed E-state index contributed by atoms with van der Waals surface area (Å²) in [4.78, 5) is 4.71. The first-order valence-corrected chi connectivity index (χ1v) is 5.70. The average Bonchev–Trinajstić information content (AvgIpc) is 2.54. The standard InChI is InChI=1S/C11H17N3O/c1-7-5-9-11(8(2)15-7)14-4-3-12-6-10(14)13-9/h7-8,12H,3-6H2,1-2H3. The van der Waals surface area contributed by atoms with Gasteiger partial charge in [0, 0.05) is 19.5 Å². The molecule has 4 nitrogen and oxygen atoms in total. The molecule has 3 rings (SSSR count). The minimum absolute atomic E-state index is 0.197. The number of nitrogens with zero attached hydrogens (tertiary/aromatic N) is 2. The summed E-state index contributed by atoms with van der Waals surface area (Å²) in [7, 11) is 0. The van der Waals surface area contributed by atoms with Crippen molar-refractivity contribution in [1.29, 1.82) is 0 Å². The van der Waals surface area contributed by atoms with Gasteiger partial charge in [-0.25, -0.2) is 4.98 Å². The van der Waals surface area contributed by atoms with Gasteiger partial charge in [0.05, 0.1) is 30.1 Å². The molecule has 0 aromatic carbocycles. The van der Waals surface area contributed by atoms with Gasteiger partial charge in [-0.15, -0.1) is 0 Å². The number of fused-ring (bicyclic) bond motifs is 3. The van der Waals surface area contributed by atoms with Crippen molar-refractivity contribution in [2.45, 2.75) is 45.6 Å². The molecule has 0 fully saturated rings. The van der Waals surface area contributed by atoms with Gasteiger partial charge in [-0.3, -0.25) is 0 Å². The van der Waals surface area contributed by atoms with Crippen LogP contribution in [0.3, 0.4) is 0 Å². The van der Waals surface area contributed by atoms with E-state index in [4.69, 9.17) is 9.72 Å². The van der Waals surface area contributed by atoms with E-state index in [2.05, 4.69) is 23.7 Å².